The summed E-state index contributed by atoms with van der Waals surface area (Å²) in [6, 6.07) is 3.32. The van der Waals surface area contributed by atoms with Gasteiger partial charge in [0, 0.05) is 12.8 Å². The maximum absolute atomic E-state index is 13.0. The topological polar surface area (TPSA) is 133 Å². The maximum atomic E-state index is 13.0. The highest BCUT2D eigenvalue weighted by Gasteiger charge is 2.44. The van der Waals surface area contributed by atoms with Crippen LogP contribution in [0.2, 0.25) is 0 Å². The number of unbranched alkanes of at least 4 members (excludes halogenated alkanes) is 2. The maximum Gasteiger partial charge on any atom is 0.306 e. The van der Waals surface area contributed by atoms with Crippen LogP contribution in [0.3, 0.4) is 0 Å². The number of carbonyl (C=O) groups excluding carboxylic acids is 5. The van der Waals surface area contributed by atoms with Gasteiger partial charge in [0.2, 0.25) is 5.91 Å². The second-order valence-corrected chi connectivity index (χ2v) is 8.21. The molecule has 1 aromatic carbocycles. The molecule has 0 radical (unpaired) electrons. The van der Waals surface area contributed by atoms with Crippen molar-refractivity contribution in [2.75, 3.05) is 6.61 Å². The van der Waals surface area contributed by atoms with Gasteiger partial charge in [0.1, 0.15) is 23.7 Å². The van der Waals surface area contributed by atoms with Crippen LogP contribution in [0.15, 0.2) is 18.2 Å². The van der Waals surface area contributed by atoms with Crippen molar-refractivity contribution in [2.45, 2.75) is 64.5 Å². The Morgan fingerprint density at radius 3 is 2.48 bits per heavy atom. The fourth-order valence-electron chi connectivity index (χ4n) is 3.23. The number of primary amides is 1. The highest BCUT2D eigenvalue weighted by molar-refractivity contribution is 6.24. The number of ether oxygens (including phenoxy) is 2. The second-order valence-electron chi connectivity index (χ2n) is 8.21. The van der Waals surface area contributed by atoms with Crippen LogP contribution in [0.1, 0.15) is 73.6 Å². The molecule has 0 aromatic heterocycles. The molecule has 3 amide bonds. The summed E-state index contributed by atoms with van der Waals surface area (Å²) in [6.45, 7) is 5.40. The number of imide groups is 1. The van der Waals surface area contributed by atoms with Crippen molar-refractivity contribution in [3.8, 4) is 5.75 Å². The second kappa shape index (κ2) is 10.2. The number of carbonyl (C=O) groups is 5. The van der Waals surface area contributed by atoms with Crippen molar-refractivity contribution in [1.82, 2.24) is 4.90 Å². The molecular weight excluding hydrogens is 404 g/mol. The van der Waals surface area contributed by atoms with Gasteiger partial charge in [-0.15, -0.1) is 0 Å². The third kappa shape index (κ3) is 6.13. The average Bonchev–Trinajstić information content (AvgIpc) is 2.92. The molecule has 2 rings (SSSR count). The van der Waals surface area contributed by atoms with E-state index in [0.717, 1.165) is 11.2 Å². The van der Waals surface area contributed by atoms with Crippen molar-refractivity contribution < 1.29 is 33.4 Å². The van der Waals surface area contributed by atoms with E-state index in [-0.39, 0.29) is 36.3 Å². The van der Waals surface area contributed by atoms with Crippen LogP contribution in [0, 0.1) is 0 Å². The van der Waals surface area contributed by atoms with Gasteiger partial charge in [-0.25, -0.2) is 0 Å². The number of benzene rings is 1. The minimum atomic E-state index is -1.29. The van der Waals surface area contributed by atoms with E-state index in [1.807, 2.05) is 0 Å². The number of nitrogens with two attached hydrogens (primary N) is 1. The van der Waals surface area contributed by atoms with Gasteiger partial charge in [0.15, 0.2) is 0 Å². The van der Waals surface area contributed by atoms with Crippen molar-refractivity contribution in [3.05, 3.63) is 29.3 Å². The molecule has 0 saturated heterocycles. The molecule has 2 N–H and O–H groups in total. The Balaban J connectivity index is 2.16. The average molecular weight is 432 g/mol. The number of hydrogen-bond acceptors (Lipinski definition) is 7. The monoisotopic (exact) mass is 432 g/mol. The van der Waals surface area contributed by atoms with Crippen LogP contribution in [-0.2, 0) is 19.1 Å². The first kappa shape index (κ1) is 24.0. The molecule has 1 aliphatic rings. The lowest BCUT2D eigenvalue weighted by Crippen LogP contribution is -2.48. The molecule has 0 unspecified atom stereocenters. The Kier molecular flexibility index (Phi) is 7.90. The fourth-order valence-corrected chi connectivity index (χ4v) is 3.23. The van der Waals surface area contributed by atoms with E-state index < -0.39 is 35.3 Å². The van der Waals surface area contributed by atoms with Crippen LogP contribution in [-0.4, -0.2) is 53.1 Å². The summed E-state index contributed by atoms with van der Waals surface area (Å²) in [5.74, 6) is -2.60. The van der Waals surface area contributed by atoms with E-state index in [2.05, 4.69) is 0 Å². The number of rotatable bonds is 11. The van der Waals surface area contributed by atoms with E-state index >= 15 is 0 Å². The third-order valence-corrected chi connectivity index (χ3v) is 4.56. The molecule has 168 valence electrons. The first-order valence-electron chi connectivity index (χ1n) is 10.2. The normalized spacial score (nSPS) is 14.2. The molecule has 0 spiro atoms. The zero-order chi connectivity index (χ0) is 23.2. The Morgan fingerprint density at radius 1 is 1.16 bits per heavy atom. The molecule has 1 heterocycles. The molecule has 9 heteroatoms. The summed E-state index contributed by atoms with van der Waals surface area (Å²) in [5, 5.41) is 0. The fraction of sp³-hybridized carbons (Fsp3) is 0.500. The number of esters is 1. The predicted molar refractivity (Wildman–Crippen MR) is 110 cm³/mol. The lowest BCUT2D eigenvalue weighted by Gasteiger charge is -2.24. The van der Waals surface area contributed by atoms with E-state index in [0.29, 0.717) is 19.3 Å². The molecule has 31 heavy (non-hydrogen) atoms. The molecule has 0 saturated carbocycles. The zero-order valence-corrected chi connectivity index (χ0v) is 18.0. The molecule has 1 atom stereocenters. The highest BCUT2D eigenvalue weighted by atomic mass is 16.6. The lowest BCUT2D eigenvalue weighted by atomic mass is 10.1. The Labute approximate surface area is 180 Å². The van der Waals surface area contributed by atoms with Crippen molar-refractivity contribution >= 4 is 30.0 Å². The summed E-state index contributed by atoms with van der Waals surface area (Å²) in [7, 11) is 0. The number of nitrogens with zero attached hydrogens (tertiary/aromatic N) is 1. The summed E-state index contributed by atoms with van der Waals surface area (Å²) >= 11 is 0. The zero-order valence-electron chi connectivity index (χ0n) is 18.0. The van der Waals surface area contributed by atoms with E-state index in [4.69, 9.17) is 15.2 Å². The van der Waals surface area contributed by atoms with E-state index in [1.165, 1.54) is 6.07 Å². The molecule has 0 fully saturated rings. The molecule has 9 nitrogen and oxygen atoms in total. The molecule has 1 aliphatic heterocycles. The van der Waals surface area contributed by atoms with Gasteiger partial charge < -0.3 is 20.0 Å². The van der Waals surface area contributed by atoms with Crippen LogP contribution < -0.4 is 10.5 Å². The predicted octanol–water partition coefficient (Wildman–Crippen LogP) is 2.01. The molecule has 1 aromatic rings. The Morgan fingerprint density at radius 2 is 1.87 bits per heavy atom. The quantitative estimate of drug-likeness (QED) is 0.245. The van der Waals surface area contributed by atoms with Gasteiger partial charge in [0.25, 0.3) is 11.8 Å². The van der Waals surface area contributed by atoms with Crippen molar-refractivity contribution in [2.24, 2.45) is 5.73 Å². The third-order valence-electron chi connectivity index (χ3n) is 4.56. The van der Waals surface area contributed by atoms with Crippen molar-refractivity contribution in [3.63, 3.8) is 0 Å². The van der Waals surface area contributed by atoms with Crippen LogP contribution in [0.5, 0.6) is 5.75 Å². The summed E-state index contributed by atoms with van der Waals surface area (Å²) < 4.78 is 10.9. The van der Waals surface area contributed by atoms with E-state index in [9.17, 15) is 24.0 Å². The molecular formula is C22H28N2O7. The Bertz CT molecular complexity index is 873. The Hall–Kier alpha value is -3.23. The number of amides is 3. The minimum Gasteiger partial charge on any atom is -0.493 e. The molecule has 0 aliphatic carbocycles. The first-order valence-corrected chi connectivity index (χ1v) is 10.2. The highest BCUT2D eigenvalue weighted by Crippen LogP contribution is 2.33. The number of fused-ring (bicyclic) bond motifs is 1. The smallest absolute Gasteiger partial charge is 0.306 e. The lowest BCUT2D eigenvalue weighted by molar-refractivity contribution is -0.155. The number of aldehydes is 1. The van der Waals surface area contributed by atoms with Gasteiger partial charge in [-0.2, -0.15) is 0 Å². The SMILES string of the molecule is CC(C)(C)OC(=O)CC[C@@H](C(N)=O)N1C(=O)c2cccc(OCCCCC=O)c2C1=O. The standard InChI is InChI=1S/C22H28N2O7/c1-22(2,3)31-17(26)11-10-15(19(23)27)24-20(28)14-8-7-9-16(18(14)21(24)29)30-13-6-4-5-12-25/h7-9,12,15H,4-6,10-11,13H2,1-3H3,(H2,23,27)/t15-/m0/s1. The summed E-state index contributed by atoms with van der Waals surface area (Å²) in [5.41, 5.74) is 4.93. The van der Waals surface area contributed by atoms with Crippen LogP contribution in [0.4, 0.5) is 0 Å². The van der Waals surface area contributed by atoms with Gasteiger partial charge in [-0.05, 0) is 52.2 Å². The van der Waals surface area contributed by atoms with Gasteiger partial charge in [-0.1, -0.05) is 6.07 Å². The summed E-state index contributed by atoms with van der Waals surface area (Å²) in [4.78, 5) is 61.2. The minimum absolute atomic E-state index is 0.0615. The van der Waals surface area contributed by atoms with Gasteiger partial charge >= 0.3 is 5.97 Å². The first-order chi connectivity index (χ1) is 14.6. The largest absolute Gasteiger partial charge is 0.493 e. The van der Waals surface area contributed by atoms with Crippen LogP contribution >= 0.6 is 0 Å². The summed E-state index contributed by atoms with van der Waals surface area (Å²) in [6.07, 6.45) is 2.16. The molecule has 0 bridgehead atoms. The van der Waals surface area contributed by atoms with Crippen LogP contribution in [0.25, 0.3) is 0 Å². The van der Waals surface area contributed by atoms with E-state index in [1.54, 1.807) is 32.9 Å². The van der Waals surface area contributed by atoms with Gasteiger partial charge in [-0.3, -0.25) is 24.1 Å². The van der Waals surface area contributed by atoms with Gasteiger partial charge in [0.05, 0.1) is 17.7 Å². The number of hydrogen-bond donors (Lipinski definition) is 1. The van der Waals surface area contributed by atoms with Crippen molar-refractivity contribution in [1.29, 1.82) is 0 Å².